The van der Waals surface area contributed by atoms with Crippen LogP contribution in [0.2, 0.25) is 0 Å². The van der Waals surface area contributed by atoms with Crippen molar-refractivity contribution in [3.05, 3.63) is 45.3 Å². The molecule has 0 spiro atoms. The highest BCUT2D eigenvalue weighted by atomic mass is 32.2. The molecule has 132 valence electrons. The van der Waals surface area contributed by atoms with E-state index in [2.05, 4.69) is 20.9 Å². The van der Waals surface area contributed by atoms with Gasteiger partial charge in [-0.05, 0) is 37.9 Å². The van der Waals surface area contributed by atoms with Crippen LogP contribution < -0.4 is 10.7 Å². The molecule has 0 unspecified atom stereocenters. The molecule has 0 radical (unpaired) electrons. The number of amides is 1. The Balaban J connectivity index is 2.11. The Labute approximate surface area is 153 Å². The number of aryl methyl sites for hydroxylation is 2. The zero-order valence-electron chi connectivity index (χ0n) is 13.8. The molecule has 2 aromatic rings. The number of benzene rings is 1. The summed E-state index contributed by atoms with van der Waals surface area (Å²) in [5.41, 5.74) is 3.33. The molecule has 0 bridgehead atoms. The van der Waals surface area contributed by atoms with Crippen molar-refractivity contribution in [1.82, 2.24) is 20.2 Å². The molecule has 2 rings (SSSR count). The van der Waals surface area contributed by atoms with Crippen molar-refractivity contribution in [3.8, 4) is 0 Å². The third-order valence-electron chi connectivity index (χ3n) is 3.18. The van der Waals surface area contributed by atoms with E-state index < -0.39 is 10.8 Å². The molecule has 25 heavy (non-hydrogen) atoms. The van der Waals surface area contributed by atoms with E-state index in [1.807, 2.05) is 6.92 Å². The lowest BCUT2D eigenvalue weighted by molar-refractivity contribution is -0.385. The summed E-state index contributed by atoms with van der Waals surface area (Å²) in [5.74, 6) is 0.834. The van der Waals surface area contributed by atoms with E-state index in [0.717, 1.165) is 5.75 Å². The molecule has 2 N–H and O–H groups in total. The van der Waals surface area contributed by atoms with Crippen molar-refractivity contribution in [1.29, 1.82) is 0 Å². The number of thiocarbonyl (C=S) groups is 1. The average Bonchev–Trinajstić information content (AvgIpc) is 2.88. The van der Waals surface area contributed by atoms with Crippen molar-refractivity contribution in [2.24, 2.45) is 0 Å². The Morgan fingerprint density at radius 1 is 1.40 bits per heavy atom. The molecule has 0 atom stereocenters. The van der Waals surface area contributed by atoms with Crippen LogP contribution in [0, 0.1) is 24.0 Å². The number of carbonyl (C=O) groups excluding carboxylic acids is 1. The molecule has 1 amide bonds. The van der Waals surface area contributed by atoms with Crippen molar-refractivity contribution in [2.75, 3.05) is 11.2 Å². The van der Waals surface area contributed by atoms with E-state index in [1.165, 1.54) is 30.0 Å². The van der Waals surface area contributed by atoms with Gasteiger partial charge in [0.25, 0.3) is 11.6 Å². The van der Waals surface area contributed by atoms with Crippen LogP contribution in [-0.4, -0.2) is 36.6 Å². The van der Waals surface area contributed by atoms with E-state index in [-0.39, 0.29) is 16.4 Å². The zero-order valence-corrected chi connectivity index (χ0v) is 15.4. The first-order chi connectivity index (χ1) is 11.8. The van der Waals surface area contributed by atoms with Gasteiger partial charge < -0.3 is 0 Å². The molecular weight excluding hydrogens is 364 g/mol. The molecule has 0 saturated carbocycles. The van der Waals surface area contributed by atoms with E-state index in [1.54, 1.807) is 18.5 Å². The van der Waals surface area contributed by atoms with E-state index in [4.69, 9.17) is 12.2 Å². The minimum atomic E-state index is -0.545. The number of nitrogens with zero attached hydrogens (tertiary/aromatic N) is 4. The summed E-state index contributed by atoms with van der Waals surface area (Å²) >= 11 is 6.60. The lowest BCUT2D eigenvalue weighted by atomic mass is 10.1. The summed E-state index contributed by atoms with van der Waals surface area (Å²) in [6, 6.07) is 4.24. The highest BCUT2D eigenvalue weighted by molar-refractivity contribution is 7.99. The maximum absolute atomic E-state index is 12.3. The number of nitro groups is 1. The number of hydrogen-bond acceptors (Lipinski definition) is 7. The number of thioether (sulfide) groups is 1. The lowest BCUT2D eigenvalue weighted by Crippen LogP contribution is -2.38. The summed E-state index contributed by atoms with van der Waals surface area (Å²) in [4.78, 5) is 22.7. The highest BCUT2D eigenvalue weighted by Gasteiger charge is 2.16. The van der Waals surface area contributed by atoms with Crippen molar-refractivity contribution in [3.63, 3.8) is 0 Å². The number of carbonyl (C=O) groups is 1. The second kappa shape index (κ2) is 8.03. The van der Waals surface area contributed by atoms with E-state index in [0.29, 0.717) is 16.5 Å². The molecule has 0 saturated heterocycles. The number of aromatic nitrogens is 3. The monoisotopic (exact) mass is 380 g/mol. The second-order valence-corrected chi connectivity index (χ2v) is 6.59. The Bertz CT molecular complexity index is 836. The quantitative estimate of drug-likeness (QED) is 0.351. The smallest absolute Gasteiger partial charge is 0.273 e. The zero-order chi connectivity index (χ0) is 18.6. The average molecular weight is 380 g/mol. The first kappa shape index (κ1) is 18.8. The van der Waals surface area contributed by atoms with Gasteiger partial charge in [0.2, 0.25) is 5.16 Å². The standard InChI is InChI=1S/C14H16N6O3S2/c1-4-25-14-17-16-9(3)19(14)18-13(24)15-12(21)10-6-5-8(2)11(7-10)20(22)23/h5-7H,4H2,1-3H3,(H2,15,18,21,24). The van der Waals surface area contributed by atoms with Gasteiger partial charge in [-0.3, -0.25) is 25.7 Å². The minimum absolute atomic E-state index is 0.0362. The number of rotatable bonds is 5. The maximum atomic E-state index is 12.3. The fourth-order valence-corrected chi connectivity index (χ4v) is 2.79. The number of hydrogen-bond donors (Lipinski definition) is 2. The molecule has 1 heterocycles. The SMILES string of the molecule is CCSc1nnc(C)n1NC(=S)NC(=O)c1ccc(C)c([N+](=O)[O-])c1. The van der Waals surface area contributed by atoms with Gasteiger partial charge in [0.05, 0.1) is 4.92 Å². The van der Waals surface area contributed by atoms with Crippen molar-refractivity contribution < 1.29 is 9.72 Å². The number of nitrogens with one attached hydrogen (secondary N) is 2. The van der Waals surface area contributed by atoms with Crippen LogP contribution in [0.5, 0.6) is 0 Å². The Morgan fingerprint density at radius 2 is 2.12 bits per heavy atom. The molecule has 9 nitrogen and oxygen atoms in total. The Morgan fingerprint density at radius 3 is 2.76 bits per heavy atom. The fraction of sp³-hybridized carbons (Fsp3) is 0.286. The molecule has 1 aromatic carbocycles. The van der Waals surface area contributed by atoms with Crippen LogP contribution in [-0.2, 0) is 0 Å². The first-order valence-corrected chi connectivity index (χ1v) is 8.65. The van der Waals surface area contributed by atoms with Gasteiger partial charge in [0, 0.05) is 17.2 Å². The van der Waals surface area contributed by atoms with Crippen LogP contribution in [0.1, 0.15) is 28.7 Å². The predicted molar refractivity (Wildman–Crippen MR) is 98.4 cm³/mol. The van der Waals surface area contributed by atoms with Gasteiger partial charge in [0.15, 0.2) is 5.11 Å². The largest absolute Gasteiger partial charge is 0.298 e. The van der Waals surface area contributed by atoms with Gasteiger partial charge in [-0.15, -0.1) is 10.2 Å². The van der Waals surface area contributed by atoms with Crippen LogP contribution >= 0.6 is 24.0 Å². The molecule has 0 aliphatic heterocycles. The summed E-state index contributed by atoms with van der Waals surface area (Å²) in [6.07, 6.45) is 0. The fourth-order valence-electron chi connectivity index (χ4n) is 1.95. The minimum Gasteiger partial charge on any atom is -0.298 e. The van der Waals surface area contributed by atoms with Crippen LogP contribution in [0.4, 0.5) is 5.69 Å². The third kappa shape index (κ3) is 4.51. The molecule has 0 aliphatic carbocycles. The molecule has 0 aliphatic rings. The summed E-state index contributed by atoms with van der Waals surface area (Å²) in [7, 11) is 0. The summed E-state index contributed by atoms with van der Waals surface area (Å²) < 4.78 is 1.56. The molecule has 0 fully saturated rings. The topological polar surface area (TPSA) is 115 Å². The van der Waals surface area contributed by atoms with Gasteiger partial charge in [-0.25, -0.2) is 4.68 Å². The first-order valence-electron chi connectivity index (χ1n) is 7.25. The highest BCUT2D eigenvalue weighted by Crippen LogP contribution is 2.19. The normalized spacial score (nSPS) is 10.4. The molecule has 1 aromatic heterocycles. The van der Waals surface area contributed by atoms with Gasteiger partial charge in [-0.2, -0.15) is 0 Å². The summed E-state index contributed by atoms with van der Waals surface area (Å²) in [5, 5.41) is 22.1. The second-order valence-electron chi connectivity index (χ2n) is 4.95. The Hall–Kier alpha value is -2.53. The summed E-state index contributed by atoms with van der Waals surface area (Å²) in [6.45, 7) is 5.32. The van der Waals surface area contributed by atoms with E-state index >= 15 is 0 Å². The van der Waals surface area contributed by atoms with E-state index in [9.17, 15) is 14.9 Å². The maximum Gasteiger partial charge on any atom is 0.273 e. The number of nitro benzene ring substituents is 1. The Kier molecular flexibility index (Phi) is 6.04. The van der Waals surface area contributed by atoms with Gasteiger partial charge in [-0.1, -0.05) is 24.8 Å². The van der Waals surface area contributed by atoms with Crippen molar-refractivity contribution in [2.45, 2.75) is 25.9 Å². The predicted octanol–water partition coefficient (Wildman–Crippen LogP) is 2.17. The molecule has 11 heteroatoms. The van der Waals surface area contributed by atoms with Crippen LogP contribution in [0.3, 0.4) is 0 Å². The van der Waals surface area contributed by atoms with Gasteiger partial charge in [0.1, 0.15) is 5.82 Å². The van der Waals surface area contributed by atoms with Crippen LogP contribution in [0.15, 0.2) is 23.4 Å². The third-order valence-corrected chi connectivity index (χ3v) is 4.18. The van der Waals surface area contributed by atoms with Crippen molar-refractivity contribution >= 4 is 40.7 Å². The molecular formula is C14H16N6O3S2. The van der Waals surface area contributed by atoms with Crippen LogP contribution in [0.25, 0.3) is 0 Å². The van der Waals surface area contributed by atoms with Gasteiger partial charge >= 0.3 is 0 Å². The lowest BCUT2D eigenvalue weighted by Gasteiger charge is -2.12.